The van der Waals surface area contributed by atoms with Gasteiger partial charge in [0.25, 0.3) is 0 Å². The van der Waals surface area contributed by atoms with E-state index >= 15 is 0 Å². The third-order valence-electron chi connectivity index (χ3n) is 3.18. The Kier molecular flexibility index (Phi) is 4.91. The summed E-state index contributed by atoms with van der Waals surface area (Å²) in [5, 5.41) is 10.9. The molecule has 1 unspecified atom stereocenters. The molecule has 0 amide bonds. The van der Waals surface area contributed by atoms with Crippen LogP contribution in [0, 0.1) is 5.82 Å². The molecule has 0 saturated heterocycles. The van der Waals surface area contributed by atoms with Gasteiger partial charge in [-0.3, -0.25) is 0 Å². The quantitative estimate of drug-likeness (QED) is 0.901. The highest BCUT2D eigenvalue weighted by atomic mass is 79.9. The predicted molar refractivity (Wildman–Crippen MR) is 80.0 cm³/mol. The van der Waals surface area contributed by atoms with Crippen LogP contribution >= 0.6 is 15.9 Å². The molecule has 2 aromatic carbocycles. The smallest absolute Gasteiger partial charge is 0.123 e. The molecular weight excluding hydrogens is 323 g/mol. The summed E-state index contributed by atoms with van der Waals surface area (Å²) in [6.45, 7) is 0.139. The Morgan fingerprint density at radius 1 is 1.20 bits per heavy atom. The Bertz CT molecular complexity index is 574. The first-order chi connectivity index (χ1) is 9.55. The SMILES string of the molecule is COCC(O)(Cc1cc(F)ccc1Br)c1ccccc1. The monoisotopic (exact) mass is 338 g/mol. The van der Waals surface area contributed by atoms with Crippen molar-refractivity contribution in [3.8, 4) is 0 Å². The van der Waals surface area contributed by atoms with E-state index in [1.165, 1.54) is 19.2 Å². The topological polar surface area (TPSA) is 29.5 Å². The van der Waals surface area contributed by atoms with Gasteiger partial charge in [-0.05, 0) is 29.3 Å². The van der Waals surface area contributed by atoms with Gasteiger partial charge in [0.2, 0.25) is 0 Å². The summed E-state index contributed by atoms with van der Waals surface area (Å²) < 4.78 is 19.3. The molecule has 106 valence electrons. The molecule has 0 radical (unpaired) electrons. The highest BCUT2D eigenvalue weighted by Crippen LogP contribution is 2.29. The van der Waals surface area contributed by atoms with Crippen molar-refractivity contribution in [1.29, 1.82) is 0 Å². The number of benzene rings is 2. The second-order valence-electron chi connectivity index (χ2n) is 4.74. The minimum atomic E-state index is -1.19. The summed E-state index contributed by atoms with van der Waals surface area (Å²) in [4.78, 5) is 0. The first-order valence-electron chi connectivity index (χ1n) is 6.26. The lowest BCUT2D eigenvalue weighted by Crippen LogP contribution is -2.34. The van der Waals surface area contributed by atoms with Crippen molar-refractivity contribution in [3.63, 3.8) is 0 Å². The Morgan fingerprint density at radius 3 is 2.55 bits per heavy atom. The molecular formula is C16H16BrFO2. The molecule has 0 saturated carbocycles. The predicted octanol–water partition coefficient (Wildman–Crippen LogP) is 3.66. The summed E-state index contributed by atoms with van der Waals surface area (Å²) in [6, 6.07) is 13.7. The van der Waals surface area contributed by atoms with Crippen molar-refractivity contribution in [3.05, 3.63) is 69.9 Å². The Hall–Kier alpha value is -1.23. The largest absolute Gasteiger partial charge is 0.382 e. The zero-order valence-electron chi connectivity index (χ0n) is 11.1. The molecule has 0 spiro atoms. The number of hydrogen-bond donors (Lipinski definition) is 1. The number of aliphatic hydroxyl groups is 1. The molecule has 4 heteroatoms. The minimum absolute atomic E-state index is 0.139. The van der Waals surface area contributed by atoms with Crippen molar-refractivity contribution in [1.82, 2.24) is 0 Å². The normalized spacial score (nSPS) is 14.0. The highest BCUT2D eigenvalue weighted by Gasteiger charge is 2.30. The van der Waals surface area contributed by atoms with Gasteiger partial charge in [-0.15, -0.1) is 0 Å². The van der Waals surface area contributed by atoms with E-state index in [0.717, 1.165) is 10.0 Å². The van der Waals surface area contributed by atoms with Crippen molar-refractivity contribution in [2.45, 2.75) is 12.0 Å². The molecule has 0 heterocycles. The van der Waals surface area contributed by atoms with E-state index in [1.54, 1.807) is 6.07 Å². The molecule has 2 aromatic rings. The lowest BCUT2D eigenvalue weighted by atomic mass is 9.88. The van der Waals surface area contributed by atoms with Gasteiger partial charge in [-0.1, -0.05) is 46.3 Å². The number of hydrogen-bond acceptors (Lipinski definition) is 2. The maximum absolute atomic E-state index is 13.4. The lowest BCUT2D eigenvalue weighted by molar-refractivity contribution is -0.0356. The third kappa shape index (κ3) is 3.45. The van der Waals surface area contributed by atoms with Gasteiger partial charge in [-0.25, -0.2) is 4.39 Å². The van der Waals surface area contributed by atoms with Gasteiger partial charge in [0.15, 0.2) is 0 Å². The summed E-state index contributed by atoms with van der Waals surface area (Å²) >= 11 is 3.39. The lowest BCUT2D eigenvalue weighted by Gasteiger charge is -2.28. The first-order valence-corrected chi connectivity index (χ1v) is 7.05. The second-order valence-corrected chi connectivity index (χ2v) is 5.60. The maximum Gasteiger partial charge on any atom is 0.123 e. The molecule has 0 fully saturated rings. The average molecular weight is 339 g/mol. The Labute approximate surface area is 126 Å². The fourth-order valence-electron chi connectivity index (χ4n) is 2.22. The molecule has 2 rings (SSSR count). The van der Waals surface area contributed by atoms with Crippen LogP contribution < -0.4 is 0 Å². The van der Waals surface area contributed by atoms with Crippen LogP contribution in [-0.2, 0) is 16.8 Å². The van der Waals surface area contributed by atoms with Crippen LogP contribution in [0.2, 0.25) is 0 Å². The molecule has 1 N–H and O–H groups in total. The van der Waals surface area contributed by atoms with Crippen LogP contribution in [0.25, 0.3) is 0 Å². The molecule has 1 atom stereocenters. The third-order valence-corrected chi connectivity index (χ3v) is 3.96. The van der Waals surface area contributed by atoms with Crippen LogP contribution in [0.15, 0.2) is 53.0 Å². The first kappa shape index (κ1) is 15.2. The van der Waals surface area contributed by atoms with Gasteiger partial charge in [-0.2, -0.15) is 0 Å². The number of methoxy groups -OCH3 is 1. The maximum atomic E-state index is 13.4. The van der Waals surface area contributed by atoms with Gasteiger partial charge in [0.05, 0.1) is 6.61 Å². The number of halogens is 2. The van der Waals surface area contributed by atoms with Crippen molar-refractivity contribution in [2.75, 3.05) is 13.7 Å². The van der Waals surface area contributed by atoms with Crippen LogP contribution in [0.3, 0.4) is 0 Å². The van der Waals surface area contributed by atoms with Gasteiger partial charge < -0.3 is 9.84 Å². The van der Waals surface area contributed by atoms with E-state index in [2.05, 4.69) is 15.9 Å². The van der Waals surface area contributed by atoms with E-state index < -0.39 is 5.60 Å². The summed E-state index contributed by atoms with van der Waals surface area (Å²) in [5.41, 5.74) is 0.262. The Balaban J connectivity index is 2.36. The van der Waals surface area contributed by atoms with Crippen molar-refractivity contribution >= 4 is 15.9 Å². The van der Waals surface area contributed by atoms with Crippen LogP contribution in [0.4, 0.5) is 4.39 Å². The molecule has 0 aliphatic carbocycles. The summed E-state index contributed by atoms with van der Waals surface area (Å²) in [7, 11) is 1.54. The fraction of sp³-hybridized carbons (Fsp3) is 0.250. The van der Waals surface area contributed by atoms with E-state index in [0.29, 0.717) is 5.56 Å². The van der Waals surface area contributed by atoms with Crippen molar-refractivity contribution < 1.29 is 14.2 Å². The van der Waals surface area contributed by atoms with Gasteiger partial charge in [0, 0.05) is 18.0 Å². The van der Waals surface area contributed by atoms with E-state index in [-0.39, 0.29) is 18.8 Å². The van der Waals surface area contributed by atoms with E-state index in [9.17, 15) is 9.50 Å². The standard InChI is InChI=1S/C16H16BrFO2/c1-20-11-16(19,13-5-3-2-4-6-13)10-12-9-14(18)7-8-15(12)17/h2-9,19H,10-11H2,1H3. The molecule has 0 aliphatic heterocycles. The van der Waals surface area contributed by atoms with Crippen LogP contribution in [0.5, 0.6) is 0 Å². The molecule has 0 bridgehead atoms. The second kappa shape index (κ2) is 6.48. The fourth-order valence-corrected chi connectivity index (χ4v) is 2.60. The summed E-state index contributed by atoms with van der Waals surface area (Å²) in [5.74, 6) is -0.323. The summed E-state index contributed by atoms with van der Waals surface area (Å²) in [6.07, 6.45) is 0.267. The van der Waals surface area contributed by atoms with Gasteiger partial charge >= 0.3 is 0 Å². The minimum Gasteiger partial charge on any atom is -0.382 e. The van der Waals surface area contributed by atoms with E-state index in [1.807, 2.05) is 30.3 Å². The van der Waals surface area contributed by atoms with E-state index in [4.69, 9.17) is 4.74 Å². The van der Waals surface area contributed by atoms with Gasteiger partial charge in [0.1, 0.15) is 11.4 Å². The zero-order chi connectivity index (χ0) is 14.6. The zero-order valence-corrected chi connectivity index (χ0v) is 12.7. The number of ether oxygens (including phenoxy) is 1. The molecule has 20 heavy (non-hydrogen) atoms. The van der Waals surface area contributed by atoms with Crippen LogP contribution in [-0.4, -0.2) is 18.8 Å². The van der Waals surface area contributed by atoms with Crippen LogP contribution in [0.1, 0.15) is 11.1 Å². The Morgan fingerprint density at radius 2 is 1.90 bits per heavy atom. The number of rotatable bonds is 5. The highest BCUT2D eigenvalue weighted by molar-refractivity contribution is 9.10. The molecule has 0 aliphatic rings. The molecule has 2 nitrogen and oxygen atoms in total. The molecule has 0 aromatic heterocycles. The average Bonchev–Trinajstić information content (AvgIpc) is 2.44. The van der Waals surface area contributed by atoms with Crippen molar-refractivity contribution in [2.24, 2.45) is 0 Å².